The van der Waals surface area contributed by atoms with Gasteiger partial charge in [-0.1, -0.05) is 12.1 Å². The summed E-state index contributed by atoms with van der Waals surface area (Å²) in [4.78, 5) is 23.9. The van der Waals surface area contributed by atoms with Crippen molar-refractivity contribution in [2.24, 2.45) is 5.73 Å². The molecular weight excluding hydrogens is 244 g/mol. The number of benzene rings is 1. The fourth-order valence-electron chi connectivity index (χ4n) is 2.32. The quantitative estimate of drug-likeness (QED) is 0.860. The summed E-state index contributed by atoms with van der Waals surface area (Å²) in [6.07, 6.45) is 1.73. The highest BCUT2D eigenvalue weighted by Crippen LogP contribution is 2.30. The Balaban J connectivity index is 2.20. The van der Waals surface area contributed by atoms with Gasteiger partial charge in [0.25, 0.3) is 0 Å². The first-order valence-corrected chi connectivity index (χ1v) is 6.36. The van der Waals surface area contributed by atoms with Crippen molar-refractivity contribution >= 4 is 17.6 Å². The average molecular weight is 262 g/mol. The van der Waals surface area contributed by atoms with Gasteiger partial charge in [-0.15, -0.1) is 0 Å². The van der Waals surface area contributed by atoms with Crippen molar-refractivity contribution < 1.29 is 14.7 Å². The van der Waals surface area contributed by atoms with E-state index in [2.05, 4.69) is 0 Å². The van der Waals surface area contributed by atoms with Gasteiger partial charge in [-0.3, -0.25) is 9.59 Å². The zero-order chi connectivity index (χ0) is 14.0. The summed E-state index contributed by atoms with van der Waals surface area (Å²) in [5.41, 5.74) is 8.89. The largest absolute Gasteiger partial charge is 0.481 e. The first-order valence-electron chi connectivity index (χ1n) is 6.36. The van der Waals surface area contributed by atoms with Gasteiger partial charge in [0.15, 0.2) is 0 Å². The second-order valence-electron chi connectivity index (χ2n) is 4.88. The summed E-state index contributed by atoms with van der Waals surface area (Å²) in [5.74, 6) is -0.746. The van der Waals surface area contributed by atoms with Gasteiger partial charge in [0.05, 0.1) is 0 Å². The number of carboxylic acid groups (broad SMARTS) is 1. The predicted molar refractivity (Wildman–Crippen MR) is 72.0 cm³/mol. The first-order chi connectivity index (χ1) is 8.99. The summed E-state index contributed by atoms with van der Waals surface area (Å²) >= 11 is 0. The van der Waals surface area contributed by atoms with E-state index < -0.39 is 5.97 Å². The normalized spacial score (nSPS) is 16.1. The van der Waals surface area contributed by atoms with Gasteiger partial charge in [0, 0.05) is 31.6 Å². The topological polar surface area (TPSA) is 83.6 Å². The smallest absolute Gasteiger partial charge is 0.303 e. The van der Waals surface area contributed by atoms with Crippen LogP contribution in [-0.4, -0.2) is 24.0 Å². The van der Waals surface area contributed by atoms with E-state index in [0.29, 0.717) is 12.8 Å². The molecule has 0 saturated carbocycles. The highest BCUT2D eigenvalue weighted by Gasteiger charge is 2.21. The van der Waals surface area contributed by atoms with Crippen LogP contribution in [0.15, 0.2) is 18.2 Å². The average Bonchev–Trinajstić information content (AvgIpc) is 2.40. The number of nitrogens with zero attached hydrogens (tertiary/aromatic N) is 1. The summed E-state index contributed by atoms with van der Waals surface area (Å²) in [7, 11) is 1.76. The Kier molecular flexibility index (Phi) is 3.85. The molecule has 1 aliphatic rings. The molecule has 1 aromatic carbocycles. The van der Waals surface area contributed by atoms with Crippen molar-refractivity contribution in [1.82, 2.24) is 0 Å². The van der Waals surface area contributed by atoms with Gasteiger partial charge in [0.1, 0.15) is 0 Å². The van der Waals surface area contributed by atoms with Crippen molar-refractivity contribution in [2.45, 2.75) is 31.7 Å². The van der Waals surface area contributed by atoms with Gasteiger partial charge in [-0.25, -0.2) is 0 Å². The Hall–Kier alpha value is -1.88. The Morgan fingerprint density at radius 1 is 1.47 bits per heavy atom. The number of anilines is 1. The highest BCUT2D eigenvalue weighted by molar-refractivity contribution is 5.95. The molecule has 102 valence electrons. The molecule has 0 aromatic heterocycles. The number of carbonyl (C=O) groups excluding carboxylic acids is 1. The second-order valence-corrected chi connectivity index (χ2v) is 4.88. The van der Waals surface area contributed by atoms with Gasteiger partial charge in [-0.05, 0) is 30.0 Å². The molecule has 19 heavy (non-hydrogen) atoms. The molecule has 5 nitrogen and oxygen atoms in total. The number of rotatable bonds is 4. The third-order valence-corrected chi connectivity index (χ3v) is 3.55. The maximum Gasteiger partial charge on any atom is 0.303 e. The lowest BCUT2D eigenvalue weighted by molar-refractivity contribution is -0.137. The standard InChI is InChI=1S/C14H18N2O3/c1-16-12-8-10(11(15)5-7-14(18)19)3-2-9(12)4-6-13(16)17/h2-3,8,11H,4-7,15H2,1H3,(H,18,19). The number of hydrogen-bond donors (Lipinski definition) is 2. The molecule has 1 atom stereocenters. The molecule has 1 aromatic rings. The fraction of sp³-hybridized carbons (Fsp3) is 0.429. The maximum absolute atomic E-state index is 11.7. The van der Waals surface area contributed by atoms with E-state index in [9.17, 15) is 9.59 Å². The summed E-state index contributed by atoms with van der Waals surface area (Å²) in [5, 5.41) is 8.67. The number of fused-ring (bicyclic) bond motifs is 1. The molecule has 1 aliphatic heterocycles. The Bertz CT molecular complexity index is 513. The Morgan fingerprint density at radius 2 is 2.21 bits per heavy atom. The van der Waals surface area contributed by atoms with Crippen LogP contribution in [0.4, 0.5) is 5.69 Å². The minimum atomic E-state index is -0.847. The van der Waals surface area contributed by atoms with Crippen molar-refractivity contribution in [3.05, 3.63) is 29.3 Å². The maximum atomic E-state index is 11.7. The van der Waals surface area contributed by atoms with Gasteiger partial charge < -0.3 is 15.7 Å². The lowest BCUT2D eigenvalue weighted by Gasteiger charge is -2.27. The van der Waals surface area contributed by atoms with Gasteiger partial charge in [-0.2, -0.15) is 0 Å². The first kappa shape index (κ1) is 13.5. The summed E-state index contributed by atoms with van der Waals surface area (Å²) in [6, 6.07) is 5.49. The molecular formula is C14H18N2O3. The highest BCUT2D eigenvalue weighted by atomic mass is 16.4. The molecule has 0 radical (unpaired) electrons. The molecule has 1 heterocycles. The van der Waals surface area contributed by atoms with Crippen LogP contribution in [0.25, 0.3) is 0 Å². The SMILES string of the molecule is CN1C(=O)CCc2ccc(C(N)CCC(=O)O)cc21. The van der Waals surface area contributed by atoms with Crippen molar-refractivity contribution in [2.75, 3.05) is 11.9 Å². The molecule has 5 heteroatoms. The molecule has 0 aliphatic carbocycles. The number of hydrogen-bond acceptors (Lipinski definition) is 3. The molecule has 0 fully saturated rings. The Labute approximate surface area is 112 Å². The van der Waals surface area contributed by atoms with Crippen molar-refractivity contribution in [3.63, 3.8) is 0 Å². The predicted octanol–water partition coefficient (Wildman–Crippen LogP) is 1.46. The van der Waals surface area contributed by atoms with Crippen LogP contribution in [0.3, 0.4) is 0 Å². The molecule has 3 N–H and O–H groups in total. The molecule has 0 saturated heterocycles. The zero-order valence-corrected chi connectivity index (χ0v) is 10.9. The lowest BCUT2D eigenvalue weighted by atomic mass is 9.95. The number of carboxylic acids is 1. The lowest BCUT2D eigenvalue weighted by Crippen LogP contribution is -2.31. The van der Waals surface area contributed by atoms with Crippen LogP contribution < -0.4 is 10.6 Å². The van der Waals surface area contributed by atoms with Crippen molar-refractivity contribution in [1.29, 1.82) is 0 Å². The monoisotopic (exact) mass is 262 g/mol. The van der Waals surface area contributed by atoms with Crippen LogP contribution in [0.1, 0.15) is 36.4 Å². The van der Waals surface area contributed by atoms with Crippen LogP contribution in [0.5, 0.6) is 0 Å². The molecule has 1 amide bonds. The number of carbonyl (C=O) groups is 2. The van der Waals surface area contributed by atoms with E-state index in [0.717, 1.165) is 23.2 Å². The van der Waals surface area contributed by atoms with Crippen LogP contribution in [0, 0.1) is 0 Å². The van der Waals surface area contributed by atoms with Crippen LogP contribution in [0.2, 0.25) is 0 Å². The Morgan fingerprint density at radius 3 is 2.89 bits per heavy atom. The number of amides is 1. The molecule has 1 unspecified atom stereocenters. The van der Waals surface area contributed by atoms with Gasteiger partial charge in [0.2, 0.25) is 5.91 Å². The van der Waals surface area contributed by atoms with E-state index in [1.807, 2.05) is 18.2 Å². The molecule has 2 rings (SSSR count). The van der Waals surface area contributed by atoms with E-state index in [-0.39, 0.29) is 18.4 Å². The third kappa shape index (κ3) is 2.93. The minimum absolute atomic E-state index is 0.0486. The fourth-order valence-corrected chi connectivity index (χ4v) is 2.32. The van der Waals surface area contributed by atoms with Gasteiger partial charge >= 0.3 is 5.97 Å². The third-order valence-electron chi connectivity index (χ3n) is 3.55. The summed E-state index contributed by atoms with van der Waals surface area (Å²) < 4.78 is 0. The van der Waals surface area contributed by atoms with E-state index in [1.165, 1.54) is 0 Å². The van der Waals surface area contributed by atoms with Crippen LogP contribution in [-0.2, 0) is 16.0 Å². The van der Waals surface area contributed by atoms with Crippen molar-refractivity contribution in [3.8, 4) is 0 Å². The number of aliphatic carboxylic acids is 1. The zero-order valence-electron chi connectivity index (χ0n) is 10.9. The van der Waals surface area contributed by atoms with E-state index in [1.54, 1.807) is 11.9 Å². The van der Waals surface area contributed by atoms with Crippen LogP contribution >= 0.6 is 0 Å². The number of aryl methyl sites for hydroxylation is 1. The minimum Gasteiger partial charge on any atom is -0.481 e. The van der Waals surface area contributed by atoms with E-state index in [4.69, 9.17) is 10.8 Å². The molecule has 0 spiro atoms. The number of nitrogens with two attached hydrogens (primary N) is 1. The second kappa shape index (κ2) is 5.40. The molecule has 0 bridgehead atoms. The summed E-state index contributed by atoms with van der Waals surface area (Å²) in [6.45, 7) is 0. The van der Waals surface area contributed by atoms with E-state index >= 15 is 0 Å².